The third-order valence-corrected chi connectivity index (χ3v) is 3.25. The molecule has 0 amide bonds. The quantitative estimate of drug-likeness (QED) is 0.627. The van der Waals surface area contributed by atoms with Crippen LogP contribution in [0.25, 0.3) is 0 Å². The van der Waals surface area contributed by atoms with Gasteiger partial charge in [0.25, 0.3) is 0 Å². The van der Waals surface area contributed by atoms with Crippen molar-refractivity contribution in [3.05, 3.63) is 0 Å². The fourth-order valence-electron chi connectivity index (χ4n) is 2.57. The van der Waals surface area contributed by atoms with Crippen LogP contribution in [0, 0.1) is 11.8 Å². The summed E-state index contributed by atoms with van der Waals surface area (Å²) in [7, 11) is 0. The van der Waals surface area contributed by atoms with E-state index in [0.29, 0.717) is 0 Å². The van der Waals surface area contributed by atoms with Crippen molar-refractivity contribution >= 4 is 0 Å². The molecule has 2 aliphatic rings. The van der Waals surface area contributed by atoms with Crippen molar-refractivity contribution < 1.29 is 0 Å². The Morgan fingerprint density at radius 2 is 1.75 bits per heavy atom. The van der Waals surface area contributed by atoms with Crippen molar-refractivity contribution in [3.63, 3.8) is 0 Å². The first-order valence-electron chi connectivity index (χ1n) is 5.20. The molecule has 0 radical (unpaired) electrons. The summed E-state index contributed by atoms with van der Waals surface area (Å²) in [5.74, 6) is 1.86. The Balaban J connectivity index is 1.96. The predicted octanol–water partition coefficient (Wildman–Crippen LogP) is 0.936. The minimum atomic E-state index is 0.744. The van der Waals surface area contributed by atoms with Gasteiger partial charge in [-0.1, -0.05) is 0 Å². The molecule has 2 aliphatic heterocycles. The summed E-state index contributed by atoms with van der Waals surface area (Å²) in [6, 6.07) is 0.744. The molecule has 2 rings (SSSR count). The van der Waals surface area contributed by atoms with E-state index in [1.807, 2.05) is 0 Å². The molecule has 2 fully saturated rings. The van der Waals surface area contributed by atoms with Gasteiger partial charge in [0.05, 0.1) is 0 Å². The molecule has 0 unspecified atom stereocenters. The molecule has 12 heavy (non-hydrogen) atoms. The molecular weight excluding hydrogens is 148 g/mol. The Morgan fingerprint density at radius 3 is 2.25 bits per heavy atom. The van der Waals surface area contributed by atoms with Crippen molar-refractivity contribution in [1.29, 1.82) is 0 Å². The van der Waals surface area contributed by atoms with Gasteiger partial charge >= 0.3 is 0 Å². The molecule has 0 spiro atoms. The highest BCUT2D eigenvalue weighted by molar-refractivity contribution is 4.86. The summed E-state index contributed by atoms with van der Waals surface area (Å²) in [6.07, 6.45) is 1.47. The Morgan fingerprint density at radius 1 is 1.17 bits per heavy atom. The summed E-state index contributed by atoms with van der Waals surface area (Å²) in [5, 5.41) is 3.52. The third kappa shape index (κ3) is 1.64. The average Bonchev–Trinajstić information content (AvgIpc) is 2.03. The molecule has 0 saturated carbocycles. The molecule has 0 aromatic rings. The van der Waals surface area contributed by atoms with E-state index in [-0.39, 0.29) is 0 Å². The molecule has 2 nitrogen and oxygen atoms in total. The average molecular weight is 168 g/mol. The van der Waals surface area contributed by atoms with Crippen molar-refractivity contribution in [2.75, 3.05) is 26.2 Å². The van der Waals surface area contributed by atoms with E-state index < -0.39 is 0 Å². The van der Waals surface area contributed by atoms with Crippen LogP contribution in [-0.2, 0) is 0 Å². The molecule has 2 heteroatoms. The largest absolute Gasteiger partial charge is 0.316 e. The first kappa shape index (κ1) is 8.52. The standard InChI is InChI=1S/C10H20N2/c1-8(2)12-6-9-3-10(7-12)5-11-4-9/h8-11H,3-7H2,1-2H3/t9-,10-/m0/s1. The summed E-state index contributed by atoms with van der Waals surface area (Å²) >= 11 is 0. The lowest BCUT2D eigenvalue weighted by molar-refractivity contribution is 0.0740. The third-order valence-electron chi connectivity index (χ3n) is 3.25. The summed E-state index contributed by atoms with van der Waals surface area (Å²) in [6.45, 7) is 9.77. The molecule has 0 aliphatic carbocycles. The summed E-state index contributed by atoms with van der Waals surface area (Å²) in [4.78, 5) is 2.64. The monoisotopic (exact) mass is 168 g/mol. The fraction of sp³-hybridized carbons (Fsp3) is 1.00. The highest BCUT2D eigenvalue weighted by atomic mass is 15.2. The Bertz CT molecular complexity index is 144. The number of nitrogens with zero attached hydrogens (tertiary/aromatic N) is 1. The van der Waals surface area contributed by atoms with Gasteiger partial charge in [0.2, 0.25) is 0 Å². The maximum absolute atomic E-state index is 3.52. The zero-order valence-electron chi connectivity index (χ0n) is 8.21. The fourth-order valence-corrected chi connectivity index (χ4v) is 2.57. The number of piperidine rings is 2. The van der Waals surface area contributed by atoms with E-state index in [0.717, 1.165) is 17.9 Å². The van der Waals surface area contributed by atoms with Gasteiger partial charge in [-0.15, -0.1) is 0 Å². The minimum Gasteiger partial charge on any atom is -0.316 e. The molecule has 2 heterocycles. The van der Waals surface area contributed by atoms with Crippen LogP contribution in [0.4, 0.5) is 0 Å². The van der Waals surface area contributed by atoms with Gasteiger partial charge in [-0.25, -0.2) is 0 Å². The van der Waals surface area contributed by atoms with Gasteiger partial charge in [-0.3, -0.25) is 0 Å². The maximum atomic E-state index is 3.52. The lowest BCUT2D eigenvalue weighted by atomic mass is 9.85. The minimum absolute atomic E-state index is 0.744. The number of rotatable bonds is 1. The lowest BCUT2D eigenvalue weighted by Gasteiger charge is -2.43. The first-order chi connectivity index (χ1) is 5.75. The van der Waals surface area contributed by atoms with Crippen molar-refractivity contribution in [2.45, 2.75) is 26.3 Å². The van der Waals surface area contributed by atoms with Crippen LogP contribution in [0.1, 0.15) is 20.3 Å². The van der Waals surface area contributed by atoms with E-state index in [1.54, 1.807) is 0 Å². The van der Waals surface area contributed by atoms with Crippen LogP contribution in [0.5, 0.6) is 0 Å². The van der Waals surface area contributed by atoms with Gasteiger partial charge in [0.1, 0.15) is 0 Å². The predicted molar refractivity (Wildman–Crippen MR) is 51.2 cm³/mol. The van der Waals surface area contributed by atoms with Gasteiger partial charge in [0, 0.05) is 19.1 Å². The zero-order valence-corrected chi connectivity index (χ0v) is 8.21. The summed E-state index contributed by atoms with van der Waals surface area (Å²) < 4.78 is 0. The van der Waals surface area contributed by atoms with E-state index in [4.69, 9.17) is 0 Å². The topological polar surface area (TPSA) is 15.3 Å². The number of hydrogen-bond acceptors (Lipinski definition) is 2. The molecule has 1 N–H and O–H groups in total. The van der Waals surface area contributed by atoms with Crippen molar-refractivity contribution in [2.24, 2.45) is 11.8 Å². The Hall–Kier alpha value is -0.0800. The van der Waals surface area contributed by atoms with Crippen LogP contribution < -0.4 is 5.32 Å². The van der Waals surface area contributed by atoms with Crippen molar-refractivity contribution in [1.82, 2.24) is 10.2 Å². The normalized spacial score (nSPS) is 37.2. The lowest BCUT2D eigenvalue weighted by Crippen LogP contribution is -2.52. The van der Waals surface area contributed by atoms with Gasteiger partial charge in [0.15, 0.2) is 0 Å². The zero-order chi connectivity index (χ0) is 8.55. The van der Waals surface area contributed by atoms with E-state index in [2.05, 4.69) is 24.1 Å². The van der Waals surface area contributed by atoms with Crippen molar-refractivity contribution in [3.8, 4) is 0 Å². The molecule has 0 aromatic carbocycles. The highest BCUT2D eigenvalue weighted by Crippen LogP contribution is 2.25. The summed E-state index contributed by atoms with van der Waals surface area (Å²) in [5.41, 5.74) is 0. The molecule has 2 saturated heterocycles. The molecular formula is C10H20N2. The highest BCUT2D eigenvalue weighted by Gasteiger charge is 2.30. The second-order valence-corrected chi connectivity index (χ2v) is 4.67. The maximum Gasteiger partial charge on any atom is 0.00388 e. The second kappa shape index (κ2) is 3.35. The molecule has 0 aromatic heterocycles. The van der Waals surface area contributed by atoms with Gasteiger partial charge in [-0.05, 0) is 45.2 Å². The molecule has 2 atom stereocenters. The first-order valence-corrected chi connectivity index (χ1v) is 5.20. The van der Waals surface area contributed by atoms with Crippen LogP contribution in [-0.4, -0.2) is 37.1 Å². The second-order valence-electron chi connectivity index (χ2n) is 4.67. The molecule has 70 valence electrons. The van der Waals surface area contributed by atoms with E-state index >= 15 is 0 Å². The number of hydrogen-bond donors (Lipinski definition) is 1. The van der Waals surface area contributed by atoms with Gasteiger partial charge in [-0.2, -0.15) is 0 Å². The molecule has 2 bridgehead atoms. The number of fused-ring (bicyclic) bond motifs is 2. The van der Waals surface area contributed by atoms with E-state index in [9.17, 15) is 0 Å². The van der Waals surface area contributed by atoms with Crippen LogP contribution in [0.15, 0.2) is 0 Å². The number of likely N-dealkylation sites (tertiary alicyclic amines) is 1. The Kier molecular flexibility index (Phi) is 2.37. The van der Waals surface area contributed by atoms with E-state index in [1.165, 1.54) is 32.6 Å². The SMILES string of the molecule is CC(C)N1C[C@@H]2CNC[C@H](C2)C1. The van der Waals surface area contributed by atoms with Crippen LogP contribution in [0.3, 0.4) is 0 Å². The van der Waals surface area contributed by atoms with Gasteiger partial charge < -0.3 is 10.2 Å². The number of nitrogens with one attached hydrogen (secondary N) is 1. The van der Waals surface area contributed by atoms with Crippen LogP contribution in [0.2, 0.25) is 0 Å². The smallest absolute Gasteiger partial charge is 0.00388 e. The van der Waals surface area contributed by atoms with Crippen LogP contribution >= 0.6 is 0 Å². The Labute approximate surface area is 75.3 Å².